The molecule has 29 heavy (non-hydrogen) atoms. The van der Waals surface area contributed by atoms with Crippen molar-refractivity contribution in [3.63, 3.8) is 0 Å². The van der Waals surface area contributed by atoms with Gasteiger partial charge < -0.3 is 10.1 Å². The van der Waals surface area contributed by atoms with Gasteiger partial charge in [-0.05, 0) is 75.2 Å². The van der Waals surface area contributed by atoms with E-state index >= 15 is 0 Å². The predicted molar refractivity (Wildman–Crippen MR) is 119 cm³/mol. The highest BCUT2D eigenvalue weighted by Gasteiger charge is 2.24. The zero-order valence-electron chi connectivity index (χ0n) is 17.0. The Labute approximate surface area is 183 Å². The van der Waals surface area contributed by atoms with Crippen LogP contribution in [0.5, 0.6) is 5.75 Å². The van der Waals surface area contributed by atoms with E-state index in [2.05, 4.69) is 10.2 Å². The number of nitrogens with one attached hydrogen (secondary N) is 1. The SMILES string of the molecule is CC(C)Oc1ccc(CNC(=O)C2CCN(Cc3ccc(Cl)c(Cl)c3)CC2)cc1. The Balaban J connectivity index is 1.42. The number of ether oxygens (including phenoxy) is 1. The summed E-state index contributed by atoms with van der Waals surface area (Å²) in [6.45, 7) is 7.19. The number of benzene rings is 2. The molecule has 3 rings (SSSR count). The predicted octanol–water partition coefficient (Wildman–Crippen LogP) is 5.31. The highest BCUT2D eigenvalue weighted by Crippen LogP contribution is 2.25. The number of carbonyl (C=O) groups is 1. The van der Waals surface area contributed by atoms with Crippen LogP contribution in [0.2, 0.25) is 10.0 Å². The number of nitrogens with zero attached hydrogens (tertiary/aromatic N) is 1. The monoisotopic (exact) mass is 434 g/mol. The van der Waals surface area contributed by atoms with Gasteiger partial charge >= 0.3 is 0 Å². The number of rotatable bonds is 7. The van der Waals surface area contributed by atoms with Crippen LogP contribution in [-0.4, -0.2) is 30.0 Å². The summed E-state index contributed by atoms with van der Waals surface area (Å²) in [4.78, 5) is 14.9. The number of carbonyl (C=O) groups excluding carboxylic acids is 1. The molecule has 1 fully saturated rings. The van der Waals surface area contributed by atoms with Crippen LogP contribution in [0.1, 0.15) is 37.8 Å². The van der Waals surface area contributed by atoms with E-state index in [9.17, 15) is 4.79 Å². The van der Waals surface area contributed by atoms with Crippen LogP contribution in [0.25, 0.3) is 0 Å². The Hall–Kier alpha value is -1.75. The van der Waals surface area contributed by atoms with Gasteiger partial charge in [0, 0.05) is 19.0 Å². The third kappa shape index (κ3) is 6.63. The fourth-order valence-electron chi connectivity index (χ4n) is 3.54. The highest BCUT2D eigenvalue weighted by molar-refractivity contribution is 6.42. The van der Waals surface area contributed by atoms with Gasteiger partial charge in [0.2, 0.25) is 5.91 Å². The third-order valence-electron chi connectivity index (χ3n) is 5.11. The molecule has 1 heterocycles. The average molecular weight is 435 g/mol. The topological polar surface area (TPSA) is 41.6 Å². The minimum atomic E-state index is 0.0728. The van der Waals surface area contributed by atoms with Crippen molar-refractivity contribution < 1.29 is 9.53 Å². The smallest absolute Gasteiger partial charge is 0.223 e. The molecule has 0 atom stereocenters. The summed E-state index contributed by atoms with van der Waals surface area (Å²) in [6.07, 6.45) is 1.89. The lowest BCUT2D eigenvalue weighted by Gasteiger charge is -2.31. The molecule has 1 N–H and O–H groups in total. The molecule has 1 amide bonds. The molecule has 0 radical (unpaired) electrons. The zero-order valence-corrected chi connectivity index (χ0v) is 18.5. The molecule has 2 aromatic rings. The van der Waals surface area contributed by atoms with E-state index < -0.39 is 0 Å². The van der Waals surface area contributed by atoms with E-state index in [4.69, 9.17) is 27.9 Å². The second kappa shape index (κ2) is 10.3. The fourth-order valence-corrected chi connectivity index (χ4v) is 3.86. The van der Waals surface area contributed by atoms with Crippen LogP contribution in [0.3, 0.4) is 0 Å². The van der Waals surface area contributed by atoms with Crippen molar-refractivity contribution in [3.8, 4) is 5.75 Å². The van der Waals surface area contributed by atoms with Gasteiger partial charge in [-0.25, -0.2) is 0 Å². The first-order chi connectivity index (χ1) is 13.9. The maximum atomic E-state index is 12.5. The van der Waals surface area contributed by atoms with Crippen molar-refractivity contribution in [2.24, 2.45) is 5.92 Å². The van der Waals surface area contributed by atoms with Crippen molar-refractivity contribution in [3.05, 3.63) is 63.6 Å². The summed E-state index contributed by atoms with van der Waals surface area (Å²) in [6, 6.07) is 13.6. The second-order valence-corrected chi connectivity index (χ2v) is 8.64. The quantitative estimate of drug-likeness (QED) is 0.641. The van der Waals surface area contributed by atoms with Crippen molar-refractivity contribution in [2.45, 2.75) is 45.9 Å². The van der Waals surface area contributed by atoms with Gasteiger partial charge in [0.15, 0.2) is 0 Å². The maximum absolute atomic E-state index is 12.5. The molecule has 1 aliphatic heterocycles. The molecule has 0 bridgehead atoms. The Morgan fingerprint density at radius 3 is 2.34 bits per heavy atom. The summed E-state index contributed by atoms with van der Waals surface area (Å²) in [7, 11) is 0. The number of amides is 1. The largest absolute Gasteiger partial charge is 0.491 e. The number of piperidine rings is 1. The highest BCUT2D eigenvalue weighted by atomic mass is 35.5. The fraction of sp³-hybridized carbons (Fsp3) is 0.435. The number of hydrogen-bond acceptors (Lipinski definition) is 3. The number of likely N-dealkylation sites (tertiary alicyclic amines) is 1. The Morgan fingerprint density at radius 2 is 1.72 bits per heavy atom. The van der Waals surface area contributed by atoms with Gasteiger partial charge in [-0.15, -0.1) is 0 Å². The van der Waals surface area contributed by atoms with Gasteiger partial charge in [-0.2, -0.15) is 0 Å². The van der Waals surface area contributed by atoms with Crippen molar-refractivity contribution in [1.29, 1.82) is 0 Å². The molecule has 4 nitrogen and oxygen atoms in total. The van der Waals surface area contributed by atoms with Gasteiger partial charge in [0.1, 0.15) is 5.75 Å². The van der Waals surface area contributed by atoms with E-state index in [1.165, 1.54) is 0 Å². The molecular formula is C23H28Cl2N2O2. The molecular weight excluding hydrogens is 407 g/mol. The van der Waals surface area contributed by atoms with Crippen LogP contribution in [0, 0.1) is 5.92 Å². The van der Waals surface area contributed by atoms with Gasteiger partial charge in [0.25, 0.3) is 0 Å². The molecule has 0 spiro atoms. The van der Waals surface area contributed by atoms with Crippen LogP contribution in [0.15, 0.2) is 42.5 Å². The molecule has 1 aliphatic rings. The van der Waals surface area contributed by atoms with Crippen LogP contribution in [-0.2, 0) is 17.9 Å². The van der Waals surface area contributed by atoms with Gasteiger partial charge in [-0.3, -0.25) is 9.69 Å². The molecule has 6 heteroatoms. The molecule has 1 saturated heterocycles. The standard InChI is InChI=1S/C23H28Cl2N2O2/c1-16(2)29-20-6-3-17(4-7-20)14-26-23(28)19-9-11-27(12-10-19)15-18-5-8-21(24)22(25)13-18/h3-8,13,16,19H,9-12,14-15H2,1-2H3,(H,26,28). The van der Waals surface area contributed by atoms with Crippen LogP contribution >= 0.6 is 23.2 Å². The average Bonchev–Trinajstić information content (AvgIpc) is 2.70. The lowest BCUT2D eigenvalue weighted by molar-refractivity contribution is -0.126. The van der Waals surface area contributed by atoms with Crippen molar-refractivity contribution in [1.82, 2.24) is 10.2 Å². The van der Waals surface area contributed by atoms with Crippen LogP contribution in [0.4, 0.5) is 0 Å². The Kier molecular flexibility index (Phi) is 7.82. The summed E-state index contributed by atoms with van der Waals surface area (Å²) >= 11 is 12.1. The summed E-state index contributed by atoms with van der Waals surface area (Å²) < 4.78 is 5.65. The number of hydrogen-bond donors (Lipinski definition) is 1. The van der Waals surface area contributed by atoms with Gasteiger partial charge in [0.05, 0.1) is 16.1 Å². The summed E-state index contributed by atoms with van der Waals surface area (Å²) in [5.41, 5.74) is 2.22. The second-order valence-electron chi connectivity index (χ2n) is 7.83. The van der Waals surface area contributed by atoms with Crippen molar-refractivity contribution >= 4 is 29.1 Å². The molecule has 0 unspecified atom stereocenters. The lowest BCUT2D eigenvalue weighted by atomic mass is 9.95. The summed E-state index contributed by atoms with van der Waals surface area (Å²) in [5, 5.41) is 4.24. The van der Waals surface area contributed by atoms with E-state index in [1.54, 1.807) is 0 Å². The summed E-state index contributed by atoms with van der Waals surface area (Å²) in [5.74, 6) is 1.06. The first kappa shape index (κ1) is 21.9. The first-order valence-corrected chi connectivity index (χ1v) is 10.9. The molecule has 0 saturated carbocycles. The van der Waals surface area contributed by atoms with E-state index in [1.807, 2.05) is 56.3 Å². The minimum absolute atomic E-state index is 0.0728. The molecule has 0 aromatic heterocycles. The molecule has 2 aromatic carbocycles. The van der Waals surface area contributed by atoms with E-state index in [0.29, 0.717) is 16.6 Å². The number of halogens is 2. The first-order valence-electron chi connectivity index (χ1n) is 10.1. The lowest BCUT2D eigenvalue weighted by Crippen LogP contribution is -2.40. The normalized spacial score (nSPS) is 15.5. The van der Waals surface area contributed by atoms with Crippen molar-refractivity contribution in [2.75, 3.05) is 13.1 Å². The Morgan fingerprint density at radius 1 is 1.07 bits per heavy atom. The van der Waals surface area contributed by atoms with Crippen LogP contribution < -0.4 is 10.1 Å². The van der Waals surface area contributed by atoms with Gasteiger partial charge in [-0.1, -0.05) is 41.4 Å². The van der Waals surface area contributed by atoms with E-state index in [0.717, 1.165) is 49.4 Å². The Bertz CT molecular complexity index is 816. The minimum Gasteiger partial charge on any atom is -0.491 e. The molecule has 156 valence electrons. The third-order valence-corrected chi connectivity index (χ3v) is 5.85. The zero-order chi connectivity index (χ0) is 20.8. The molecule has 0 aliphatic carbocycles. The van der Waals surface area contributed by atoms with E-state index in [-0.39, 0.29) is 17.9 Å². The maximum Gasteiger partial charge on any atom is 0.223 e.